The van der Waals surface area contributed by atoms with Gasteiger partial charge in [0.25, 0.3) is 0 Å². The number of rotatable bonds is 3. The molecule has 0 spiro atoms. The molecular weight excluding hydrogens is 184 g/mol. The molecule has 0 aromatic carbocycles. The van der Waals surface area contributed by atoms with E-state index >= 15 is 0 Å². The third kappa shape index (κ3) is 8.05. The smallest absolute Gasteiger partial charge is 0.325 e. The highest BCUT2D eigenvalue weighted by Crippen LogP contribution is 1.94. The molecule has 7 heteroatoms. The normalized spacial score (nSPS) is 10.0. The molecule has 5 nitrogen and oxygen atoms in total. The van der Waals surface area contributed by atoms with Gasteiger partial charge in [-0.15, -0.1) is 0 Å². The summed E-state index contributed by atoms with van der Waals surface area (Å²) in [5.74, 6) is -0.909. The number of hydrogen-bond acceptors (Lipinski definition) is 5. The molecule has 0 N–H and O–H groups in total. The molecule has 0 radical (unpaired) electrons. The Labute approximate surface area is 81.5 Å². The van der Waals surface area contributed by atoms with Crippen LogP contribution >= 0.6 is 0 Å². The van der Waals surface area contributed by atoms with Crippen molar-refractivity contribution in [2.24, 2.45) is 0 Å². The Bertz CT molecular complexity index is 209. The van der Waals surface area contributed by atoms with Gasteiger partial charge in [0.15, 0.2) is 0 Å². The average molecular weight is 194 g/mol. The summed E-state index contributed by atoms with van der Waals surface area (Å²) in [7, 11) is -4.08. The molecule has 0 rings (SSSR count). The standard InChI is InChI=1S/C4H8O5S.Mg.2H/c1-3-8-10(6,7)9-4(2)5;;;/h3H2,1-2H3;;;. The zero-order valence-corrected chi connectivity index (χ0v) is 6.47. The van der Waals surface area contributed by atoms with Crippen molar-refractivity contribution in [2.75, 3.05) is 6.61 Å². The van der Waals surface area contributed by atoms with E-state index < -0.39 is 16.4 Å². The number of carbonyl (C=O) groups excluding carboxylic acids is 1. The van der Waals surface area contributed by atoms with Gasteiger partial charge in [-0.2, -0.15) is 8.42 Å². The Morgan fingerprint density at radius 1 is 1.45 bits per heavy atom. The van der Waals surface area contributed by atoms with Gasteiger partial charge >= 0.3 is 39.4 Å². The molecule has 64 valence electrons. The topological polar surface area (TPSA) is 69.7 Å². The van der Waals surface area contributed by atoms with Crippen molar-refractivity contribution < 1.29 is 21.6 Å². The summed E-state index contributed by atoms with van der Waals surface area (Å²) in [6.45, 7) is 2.41. The van der Waals surface area contributed by atoms with Crippen LogP contribution in [0, 0.1) is 0 Å². The SMILES string of the molecule is CCOS(=O)(=O)OC(C)=O.[MgH2]. The first kappa shape index (κ1) is 13.7. The van der Waals surface area contributed by atoms with Gasteiger partial charge in [0.05, 0.1) is 6.61 Å². The van der Waals surface area contributed by atoms with Crippen molar-refractivity contribution in [3.05, 3.63) is 0 Å². The molecule has 0 aromatic rings. The van der Waals surface area contributed by atoms with Gasteiger partial charge in [-0.3, -0.25) is 4.79 Å². The van der Waals surface area contributed by atoms with Crippen LogP contribution in [0.4, 0.5) is 0 Å². The van der Waals surface area contributed by atoms with Gasteiger partial charge in [0, 0.05) is 6.92 Å². The van der Waals surface area contributed by atoms with Gasteiger partial charge < -0.3 is 4.18 Å². The minimum absolute atomic E-state index is 0. The van der Waals surface area contributed by atoms with Crippen LogP contribution in [0.3, 0.4) is 0 Å². The van der Waals surface area contributed by atoms with Gasteiger partial charge in [-0.25, -0.2) is 4.18 Å². The maximum absolute atomic E-state index is 10.4. The predicted octanol–water partition coefficient (Wildman–Crippen LogP) is -1.09. The van der Waals surface area contributed by atoms with Crippen LogP contribution in [-0.2, 0) is 23.6 Å². The minimum atomic E-state index is -4.08. The molecule has 0 aliphatic carbocycles. The lowest BCUT2D eigenvalue weighted by atomic mass is 10.9. The van der Waals surface area contributed by atoms with Crippen LogP contribution in [-0.4, -0.2) is 44.0 Å². The van der Waals surface area contributed by atoms with E-state index in [-0.39, 0.29) is 29.7 Å². The van der Waals surface area contributed by atoms with E-state index in [0.29, 0.717) is 0 Å². The maximum Gasteiger partial charge on any atom is 0.451 e. The zero-order valence-electron chi connectivity index (χ0n) is 5.66. The van der Waals surface area contributed by atoms with E-state index in [9.17, 15) is 13.2 Å². The Hall–Kier alpha value is 0.146. The summed E-state index contributed by atoms with van der Waals surface area (Å²) in [5.41, 5.74) is 0. The van der Waals surface area contributed by atoms with Crippen molar-refractivity contribution in [1.29, 1.82) is 0 Å². The third-order valence-electron chi connectivity index (χ3n) is 0.482. The lowest BCUT2D eigenvalue weighted by Crippen LogP contribution is -2.12. The highest BCUT2D eigenvalue weighted by atomic mass is 32.3. The molecule has 0 unspecified atom stereocenters. The highest BCUT2D eigenvalue weighted by molar-refractivity contribution is 7.82. The van der Waals surface area contributed by atoms with E-state index in [0.717, 1.165) is 6.92 Å². The monoisotopic (exact) mass is 194 g/mol. The molecule has 11 heavy (non-hydrogen) atoms. The summed E-state index contributed by atoms with van der Waals surface area (Å²) >= 11 is 0. The zero-order chi connectivity index (χ0) is 8.20. The van der Waals surface area contributed by atoms with Crippen molar-refractivity contribution in [3.63, 3.8) is 0 Å². The first-order valence-electron chi connectivity index (χ1n) is 2.57. The molecule has 0 heterocycles. The second kappa shape index (κ2) is 5.75. The van der Waals surface area contributed by atoms with Gasteiger partial charge in [0.2, 0.25) is 0 Å². The highest BCUT2D eigenvalue weighted by Gasteiger charge is 2.12. The molecule has 0 amide bonds. The Kier molecular flexibility index (Phi) is 7.17. The fourth-order valence-corrected chi connectivity index (χ4v) is 0.936. The molecule has 0 aliphatic rings. The molecule has 0 saturated heterocycles. The molecule has 0 aromatic heterocycles. The number of carbonyl (C=O) groups is 1. The maximum atomic E-state index is 10.4. The summed E-state index contributed by atoms with van der Waals surface area (Å²) < 4.78 is 28.6. The van der Waals surface area contributed by atoms with E-state index in [2.05, 4.69) is 8.37 Å². The molecule has 0 bridgehead atoms. The van der Waals surface area contributed by atoms with Crippen molar-refractivity contribution in [2.45, 2.75) is 13.8 Å². The summed E-state index contributed by atoms with van der Waals surface area (Å²) in [4.78, 5) is 10.1. The fourth-order valence-electron chi connectivity index (χ4n) is 0.312. The minimum Gasteiger partial charge on any atom is -0.325 e. The van der Waals surface area contributed by atoms with E-state index in [1.165, 1.54) is 6.92 Å². The van der Waals surface area contributed by atoms with E-state index in [1.807, 2.05) is 0 Å². The van der Waals surface area contributed by atoms with Gasteiger partial charge in [-0.05, 0) is 6.92 Å². The predicted molar refractivity (Wildman–Crippen MR) is 40.9 cm³/mol. The average Bonchev–Trinajstić information content (AvgIpc) is 1.59. The molecule has 0 fully saturated rings. The second-order valence-electron chi connectivity index (χ2n) is 1.39. The van der Waals surface area contributed by atoms with Crippen LogP contribution in [0.25, 0.3) is 0 Å². The Morgan fingerprint density at radius 3 is 2.18 bits per heavy atom. The summed E-state index contributed by atoms with van der Waals surface area (Å²) in [6.07, 6.45) is 0. The second-order valence-corrected chi connectivity index (χ2v) is 2.61. The van der Waals surface area contributed by atoms with E-state index in [1.54, 1.807) is 0 Å². The quantitative estimate of drug-likeness (QED) is 0.534. The van der Waals surface area contributed by atoms with Gasteiger partial charge in [-0.1, -0.05) is 0 Å². The third-order valence-corrected chi connectivity index (χ3v) is 1.44. The van der Waals surface area contributed by atoms with Crippen molar-refractivity contribution in [1.82, 2.24) is 0 Å². The summed E-state index contributed by atoms with van der Waals surface area (Å²) in [5, 5.41) is 0. The Balaban J connectivity index is 0. The van der Waals surface area contributed by atoms with E-state index in [4.69, 9.17) is 0 Å². The van der Waals surface area contributed by atoms with Gasteiger partial charge in [0.1, 0.15) is 0 Å². The number of hydrogen-bond donors (Lipinski definition) is 0. The molecule has 0 atom stereocenters. The molecule has 0 aliphatic heterocycles. The van der Waals surface area contributed by atoms with Crippen LogP contribution in [0.2, 0.25) is 0 Å². The largest absolute Gasteiger partial charge is 0.451 e. The van der Waals surface area contributed by atoms with Crippen LogP contribution < -0.4 is 0 Å². The van der Waals surface area contributed by atoms with Crippen molar-refractivity contribution in [3.8, 4) is 0 Å². The molecule has 0 saturated carbocycles. The van der Waals surface area contributed by atoms with Crippen molar-refractivity contribution >= 4 is 39.4 Å². The molecular formula is C4H10MgO5S. The fraction of sp³-hybridized carbons (Fsp3) is 0.750. The Morgan fingerprint density at radius 2 is 1.91 bits per heavy atom. The first-order valence-corrected chi connectivity index (χ1v) is 3.90. The van der Waals surface area contributed by atoms with Crippen LogP contribution in [0.15, 0.2) is 0 Å². The van der Waals surface area contributed by atoms with Crippen LogP contribution in [0.5, 0.6) is 0 Å². The lowest BCUT2D eigenvalue weighted by Gasteiger charge is -1.99. The van der Waals surface area contributed by atoms with Crippen LogP contribution in [0.1, 0.15) is 13.8 Å². The summed E-state index contributed by atoms with van der Waals surface area (Å²) in [6, 6.07) is 0. The first-order chi connectivity index (χ1) is 4.48. The lowest BCUT2D eigenvalue weighted by molar-refractivity contribution is -0.132.